The third-order valence-electron chi connectivity index (χ3n) is 3.77. The number of hydrogen-bond donors (Lipinski definition) is 2. The average Bonchev–Trinajstić information content (AvgIpc) is 2.99. The Morgan fingerprint density at radius 1 is 1.35 bits per heavy atom. The van der Waals surface area contributed by atoms with Gasteiger partial charge in [-0.05, 0) is 52.4 Å². The van der Waals surface area contributed by atoms with Gasteiger partial charge in [-0.1, -0.05) is 0 Å². The number of nitrogens with zero attached hydrogens (tertiary/aromatic N) is 2. The van der Waals surface area contributed by atoms with Gasteiger partial charge in [0.05, 0.1) is 6.10 Å². The van der Waals surface area contributed by atoms with Crippen LogP contribution in [0.5, 0.6) is 0 Å². The van der Waals surface area contributed by atoms with Crippen LogP contribution in [0.4, 0.5) is 0 Å². The molecule has 1 saturated carbocycles. The van der Waals surface area contributed by atoms with E-state index in [0.717, 1.165) is 31.6 Å². The minimum atomic E-state index is -0.245. The van der Waals surface area contributed by atoms with Crippen LogP contribution in [0.2, 0.25) is 0 Å². The average molecular weight is 241 g/mol. The van der Waals surface area contributed by atoms with Crippen LogP contribution in [0.1, 0.15) is 19.3 Å². The number of likely N-dealkylation sites (tertiary alicyclic amines) is 1. The van der Waals surface area contributed by atoms with E-state index >= 15 is 0 Å². The van der Waals surface area contributed by atoms with Crippen molar-refractivity contribution in [3.8, 4) is 0 Å². The predicted molar refractivity (Wildman–Crippen MR) is 70.1 cm³/mol. The second-order valence-corrected chi connectivity index (χ2v) is 5.96. The van der Waals surface area contributed by atoms with Crippen molar-refractivity contribution in [3.05, 3.63) is 0 Å². The number of hydrogen-bond acceptors (Lipinski definition) is 4. The highest BCUT2D eigenvalue weighted by Crippen LogP contribution is 2.31. The summed E-state index contributed by atoms with van der Waals surface area (Å²) in [5, 5.41) is 13.1. The molecule has 2 N–H and O–H groups in total. The van der Waals surface area contributed by atoms with Gasteiger partial charge in [-0.2, -0.15) is 0 Å². The number of aliphatic hydroxyl groups excluding tert-OH is 1. The lowest BCUT2D eigenvalue weighted by molar-refractivity contribution is 0.133. The Bertz CT molecular complexity index is 231. The zero-order valence-corrected chi connectivity index (χ0v) is 11.2. The van der Waals surface area contributed by atoms with Crippen molar-refractivity contribution < 1.29 is 5.11 Å². The van der Waals surface area contributed by atoms with Crippen molar-refractivity contribution in [2.24, 2.45) is 5.92 Å². The molecule has 4 nitrogen and oxygen atoms in total. The molecule has 0 aromatic carbocycles. The molecule has 1 aliphatic carbocycles. The van der Waals surface area contributed by atoms with Crippen molar-refractivity contribution >= 4 is 0 Å². The van der Waals surface area contributed by atoms with Crippen molar-refractivity contribution in [3.63, 3.8) is 0 Å². The smallest absolute Gasteiger partial charge is 0.0791 e. The number of rotatable bonds is 7. The fraction of sp³-hybridized carbons (Fsp3) is 1.00. The van der Waals surface area contributed by atoms with Crippen molar-refractivity contribution in [2.75, 3.05) is 46.8 Å². The normalized spacial score (nSPS) is 27.9. The Hall–Kier alpha value is -0.160. The maximum absolute atomic E-state index is 9.73. The topological polar surface area (TPSA) is 38.7 Å². The fourth-order valence-corrected chi connectivity index (χ4v) is 2.74. The lowest BCUT2D eigenvalue weighted by Gasteiger charge is -2.18. The minimum Gasteiger partial charge on any atom is -0.390 e. The molecule has 0 bridgehead atoms. The Morgan fingerprint density at radius 3 is 2.76 bits per heavy atom. The summed E-state index contributed by atoms with van der Waals surface area (Å²) >= 11 is 0. The van der Waals surface area contributed by atoms with Gasteiger partial charge in [0.1, 0.15) is 0 Å². The summed E-state index contributed by atoms with van der Waals surface area (Å²) in [4.78, 5) is 4.67. The highest BCUT2D eigenvalue weighted by Gasteiger charge is 2.33. The van der Waals surface area contributed by atoms with Gasteiger partial charge >= 0.3 is 0 Å². The van der Waals surface area contributed by atoms with Crippen LogP contribution in [0.3, 0.4) is 0 Å². The molecule has 2 unspecified atom stereocenters. The first-order valence-corrected chi connectivity index (χ1v) is 6.92. The van der Waals surface area contributed by atoms with E-state index in [9.17, 15) is 5.11 Å². The molecule has 1 heterocycles. The van der Waals surface area contributed by atoms with Crippen LogP contribution >= 0.6 is 0 Å². The molecule has 2 atom stereocenters. The van der Waals surface area contributed by atoms with Crippen molar-refractivity contribution in [2.45, 2.75) is 31.4 Å². The summed E-state index contributed by atoms with van der Waals surface area (Å²) in [5.74, 6) is 0.794. The first-order valence-electron chi connectivity index (χ1n) is 6.92. The molecule has 2 rings (SSSR count). The fourth-order valence-electron chi connectivity index (χ4n) is 2.74. The lowest BCUT2D eigenvalue weighted by Crippen LogP contribution is -2.37. The lowest BCUT2D eigenvalue weighted by atomic mass is 10.1. The number of aliphatic hydroxyl groups is 1. The van der Waals surface area contributed by atoms with Gasteiger partial charge in [0.25, 0.3) is 0 Å². The Morgan fingerprint density at radius 2 is 2.12 bits per heavy atom. The van der Waals surface area contributed by atoms with Gasteiger partial charge in [0, 0.05) is 25.7 Å². The zero-order valence-electron chi connectivity index (χ0n) is 11.2. The first kappa shape index (κ1) is 13.3. The molecule has 2 fully saturated rings. The molecule has 0 spiro atoms. The van der Waals surface area contributed by atoms with Crippen LogP contribution in [0.25, 0.3) is 0 Å². The van der Waals surface area contributed by atoms with Crippen LogP contribution < -0.4 is 5.32 Å². The maximum Gasteiger partial charge on any atom is 0.0791 e. The van der Waals surface area contributed by atoms with E-state index in [1.165, 1.54) is 32.4 Å². The maximum atomic E-state index is 9.73. The quantitative estimate of drug-likeness (QED) is 0.657. The Balaban J connectivity index is 1.53. The van der Waals surface area contributed by atoms with E-state index < -0.39 is 0 Å². The second kappa shape index (κ2) is 6.14. The molecule has 4 heteroatoms. The van der Waals surface area contributed by atoms with E-state index in [4.69, 9.17) is 0 Å². The van der Waals surface area contributed by atoms with Gasteiger partial charge in [0.2, 0.25) is 0 Å². The SMILES string of the molecule is CN(C)CC(O)CNCC1CCN(C2CC2)C1. The summed E-state index contributed by atoms with van der Waals surface area (Å²) in [7, 11) is 3.99. The summed E-state index contributed by atoms with van der Waals surface area (Å²) < 4.78 is 0. The summed E-state index contributed by atoms with van der Waals surface area (Å²) in [6.45, 7) is 5.08. The van der Waals surface area contributed by atoms with Crippen molar-refractivity contribution in [1.29, 1.82) is 0 Å². The van der Waals surface area contributed by atoms with Gasteiger partial charge in [-0.15, -0.1) is 0 Å². The largest absolute Gasteiger partial charge is 0.390 e. The molecule has 1 saturated heterocycles. The number of likely N-dealkylation sites (N-methyl/N-ethyl adjacent to an activating group) is 1. The molecular formula is C13H27N3O. The van der Waals surface area contributed by atoms with Crippen LogP contribution in [0, 0.1) is 5.92 Å². The third-order valence-corrected chi connectivity index (χ3v) is 3.77. The zero-order chi connectivity index (χ0) is 12.3. The highest BCUT2D eigenvalue weighted by atomic mass is 16.3. The van der Waals surface area contributed by atoms with Crippen LogP contribution in [-0.2, 0) is 0 Å². The summed E-state index contributed by atoms with van der Waals surface area (Å²) in [6, 6.07) is 0.916. The Labute approximate surface area is 105 Å². The molecular weight excluding hydrogens is 214 g/mol. The molecule has 0 radical (unpaired) electrons. The monoisotopic (exact) mass is 241 g/mol. The Kier molecular flexibility index (Phi) is 4.79. The summed E-state index contributed by atoms with van der Waals surface area (Å²) in [5.41, 5.74) is 0. The van der Waals surface area contributed by atoms with E-state index in [-0.39, 0.29) is 6.10 Å². The van der Waals surface area contributed by atoms with Crippen molar-refractivity contribution in [1.82, 2.24) is 15.1 Å². The third kappa shape index (κ3) is 4.54. The van der Waals surface area contributed by atoms with Crippen LogP contribution in [-0.4, -0.2) is 73.9 Å². The molecule has 0 aromatic heterocycles. The molecule has 0 amide bonds. The standard InChI is InChI=1S/C13H27N3O/c1-15(2)10-13(17)8-14-7-11-5-6-16(9-11)12-3-4-12/h11-14,17H,3-10H2,1-2H3. The highest BCUT2D eigenvalue weighted by molar-refractivity contribution is 4.89. The molecule has 1 aliphatic heterocycles. The van der Waals surface area contributed by atoms with E-state index in [1.807, 2.05) is 19.0 Å². The van der Waals surface area contributed by atoms with Gasteiger partial charge in [-0.25, -0.2) is 0 Å². The van der Waals surface area contributed by atoms with E-state index in [0.29, 0.717) is 0 Å². The minimum absolute atomic E-state index is 0.245. The van der Waals surface area contributed by atoms with E-state index in [2.05, 4.69) is 10.2 Å². The summed E-state index contributed by atoms with van der Waals surface area (Å²) in [6.07, 6.45) is 3.92. The van der Waals surface area contributed by atoms with Gasteiger partial charge in [-0.3, -0.25) is 0 Å². The molecule has 100 valence electrons. The predicted octanol–water partition coefficient (Wildman–Crippen LogP) is -0.0172. The van der Waals surface area contributed by atoms with Gasteiger partial charge < -0.3 is 20.2 Å². The van der Waals surface area contributed by atoms with Gasteiger partial charge in [0.15, 0.2) is 0 Å². The first-order chi connectivity index (χ1) is 8.15. The number of nitrogens with one attached hydrogen (secondary N) is 1. The molecule has 2 aliphatic rings. The second-order valence-electron chi connectivity index (χ2n) is 5.96. The molecule has 0 aromatic rings. The van der Waals surface area contributed by atoms with E-state index in [1.54, 1.807) is 0 Å². The van der Waals surface area contributed by atoms with Crippen LogP contribution in [0.15, 0.2) is 0 Å². The molecule has 17 heavy (non-hydrogen) atoms.